The Morgan fingerprint density at radius 3 is 2.41 bits per heavy atom. The maximum absolute atomic E-state index is 9.95. The molecule has 0 saturated carbocycles. The van der Waals surface area contributed by atoms with E-state index < -0.39 is 5.41 Å². The van der Waals surface area contributed by atoms with Gasteiger partial charge in [0.1, 0.15) is 0 Å². The first-order valence-electron chi connectivity index (χ1n) is 8.90. The number of nitriles is 3. The van der Waals surface area contributed by atoms with E-state index in [1.165, 1.54) is 0 Å². The van der Waals surface area contributed by atoms with Crippen molar-refractivity contribution in [3.05, 3.63) is 57.8 Å². The summed E-state index contributed by atoms with van der Waals surface area (Å²) >= 11 is 6.06. The predicted molar refractivity (Wildman–Crippen MR) is 101 cm³/mol. The summed E-state index contributed by atoms with van der Waals surface area (Å²) in [5.74, 6) is -0.434. The van der Waals surface area contributed by atoms with E-state index >= 15 is 0 Å². The van der Waals surface area contributed by atoms with Crippen molar-refractivity contribution in [2.24, 2.45) is 17.1 Å². The Morgan fingerprint density at radius 2 is 1.81 bits per heavy atom. The molecule has 2 N–H and O–H groups in total. The van der Waals surface area contributed by atoms with E-state index in [2.05, 4.69) is 30.2 Å². The summed E-state index contributed by atoms with van der Waals surface area (Å²) in [6.45, 7) is 0. The van der Waals surface area contributed by atoms with Crippen LogP contribution in [0, 0.1) is 45.3 Å². The highest BCUT2D eigenvalue weighted by molar-refractivity contribution is 6.30. The summed E-state index contributed by atoms with van der Waals surface area (Å²) in [4.78, 5) is 2.30. The van der Waals surface area contributed by atoms with E-state index in [1.54, 1.807) is 12.1 Å². The molecule has 4 atom stereocenters. The van der Waals surface area contributed by atoms with Crippen LogP contribution in [0.3, 0.4) is 0 Å². The molecule has 1 aliphatic carbocycles. The molecule has 0 amide bonds. The molecule has 6 heteroatoms. The van der Waals surface area contributed by atoms with Crippen LogP contribution in [0.4, 0.5) is 0 Å². The second-order valence-corrected chi connectivity index (χ2v) is 7.90. The Bertz CT molecular complexity index is 971. The molecule has 1 saturated heterocycles. The van der Waals surface area contributed by atoms with Gasteiger partial charge in [-0.3, -0.25) is 4.90 Å². The lowest BCUT2D eigenvalue weighted by atomic mass is 9.58. The molecule has 27 heavy (non-hydrogen) atoms. The third kappa shape index (κ3) is 2.25. The van der Waals surface area contributed by atoms with E-state index in [1.807, 2.05) is 18.2 Å². The van der Waals surface area contributed by atoms with Crippen molar-refractivity contribution in [1.82, 2.24) is 4.90 Å². The van der Waals surface area contributed by atoms with Crippen molar-refractivity contribution in [3.8, 4) is 18.2 Å². The van der Waals surface area contributed by atoms with Crippen LogP contribution in [0.15, 0.2) is 47.2 Å². The second kappa shape index (κ2) is 6.14. The Kier molecular flexibility index (Phi) is 4.01. The summed E-state index contributed by atoms with van der Waals surface area (Å²) in [5.41, 5.74) is 6.84. The summed E-state index contributed by atoms with van der Waals surface area (Å²) in [7, 11) is 2.07. The molecule has 1 aromatic carbocycles. The van der Waals surface area contributed by atoms with Gasteiger partial charge in [-0.1, -0.05) is 29.8 Å². The molecule has 2 unspecified atom stereocenters. The summed E-state index contributed by atoms with van der Waals surface area (Å²) in [6, 6.07) is 14.3. The molecule has 2 bridgehead atoms. The summed E-state index contributed by atoms with van der Waals surface area (Å²) in [6.07, 6.45) is 3.98. The molecule has 2 heterocycles. The first-order valence-corrected chi connectivity index (χ1v) is 9.28. The summed E-state index contributed by atoms with van der Waals surface area (Å²) in [5, 5.41) is 30.4. The van der Waals surface area contributed by atoms with Crippen molar-refractivity contribution in [2.45, 2.75) is 30.8 Å². The normalized spacial score (nSPS) is 31.3. The van der Waals surface area contributed by atoms with Crippen LogP contribution in [0.25, 0.3) is 0 Å². The van der Waals surface area contributed by atoms with Crippen LogP contribution in [-0.4, -0.2) is 24.0 Å². The Labute approximate surface area is 163 Å². The van der Waals surface area contributed by atoms with Gasteiger partial charge in [0.15, 0.2) is 0 Å². The van der Waals surface area contributed by atoms with Crippen molar-refractivity contribution in [1.29, 1.82) is 15.8 Å². The van der Waals surface area contributed by atoms with Crippen LogP contribution in [-0.2, 0) is 0 Å². The van der Waals surface area contributed by atoms with Gasteiger partial charge < -0.3 is 5.73 Å². The van der Waals surface area contributed by atoms with Gasteiger partial charge in [0, 0.05) is 28.9 Å². The van der Waals surface area contributed by atoms with E-state index in [0.717, 1.165) is 24.0 Å². The van der Waals surface area contributed by atoms with Crippen LogP contribution >= 0.6 is 11.6 Å². The molecule has 134 valence electrons. The highest BCUT2D eigenvalue weighted by atomic mass is 35.5. The molecule has 5 nitrogen and oxygen atoms in total. The van der Waals surface area contributed by atoms with Crippen LogP contribution in [0.5, 0.6) is 0 Å². The minimum absolute atomic E-state index is 0.0707. The molecule has 1 fully saturated rings. The summed E-state index contributed by atoms with van der Waals surface area (Å²) < 4.78 is 0. The third-order valence-electron chi connectivity index (χ3n) is 6.43. The monoisotopic (exact) mass is 375 g/mol. The number of allylic oxidation sites excluding steroid dienone is 2. The number of hydrogen-bond donors (Lipinski definition) is 1. The van der Waals surface area contributed by atoms with Gasteiger partial charge in [-0.2, -0.15) is 15.8 Å². The maximum atomic E-state index is 9.95. The topological polar surface area (TPSA) is 101 Å². The van der Waals surface area contributed by atoms with Gasteiger partial charge in [-0.15, -0.1) is 0 Å². The van der Waals surface area contributed by atoms with E-state index in [9.17, 15) is 15.8 Å². The number of nitrogens with two attached hydrogens (primary N) is 1. The Hall–Kier alpha value is -2.78. The molecule has 1 aromatic rings. The van der Waals surface area contributed by atoms with Crippen molar-refractivity contribution in [2.75, 3.05) is 7.05 Å². The number of likely N-dealkylation sites (N-methyl/N-ethyl adjacent to an activating group) is 1. The number of benzene rings is 1. The standard InChI is InChI=1S/C21H18ClN5/c1-27-14-6-7-17(27)19-16(8-14)21(10-24,11-25)20(26)15(9-23)18(19)12-2-4-13(22)5-3-12/h2-5,8,14,17-19H,6-7,26H2,1H3/t14?,17?,18-,19+/m1/s1. The Morgan fingerprint density at radius 1 is 1.15 bits per heavy atom. The quantitative estimate of drug-likeness (QED) is 0.759. The molecule has 3 aliphatic rings. The zero-order valence-corrected chi connectivity index (χ0v) is 15.6. The van der Waals surface area contributed by atoms with Crippen LogP contribution in [0.1, 0.15) is 24.3 Å². The third-order valence-corrected chi connectivity index (χ3v) is 6.68. The molecule has 0 radical (unpaired) electrons. The zero-order valence-electron chi connectivity index (χ0n) is 14.9. The van der Waals surface area contributed by atoms with Gasteiger partial charge in [0.25, 0.3) is 0 Å². The highest BCUT2D eigenvalue weighted by Gasteiger charge is 2.57. The predicted octanol–water partition coefficient (Wildman–Crippen LogP) is 3.23. The minimum Gasteiger partial charge on any atom is -0.399 e. The van der Waals surface area contributed by atoms with Gasteiger partial charge >= 0.3 is 0 Å². The average molecular weight is 376 g/mol. The maximum Gasteiger partial charge on any atom is 0.204 e. The fraction of sp³-hybridized carbons (Fsp3) is 0.381. The SMILES string of the molecule is CN1C2C=C3[C@@H](C1CC2)[C@H](c1ccc(Cl)cc1)C(C#N)=C(N)C3(C#N)C#N. The van der Waals surface area contributed by atoms with Gasteiger partial charge in [-0.05, 0) is 43.2 Å². The average Bonchev–Trinajstić information content (AvgIpc) is 2.91. The highest BCUT2D eigenvalue weighted by Crippen LogP contribution is 2.57. The second-order valence-electron chi connectivity index (χ2n) is 7.47. The van der Waals surface area contributed by atoms with Gasteiger partial charge in [-0.25, -0.2) is 0 Å². The first-order chi connectivity index (χ1) is 13.0. The van der Waals surface area contributed by atoms with Crippen LogP contribution < -0.4 is 5.73 Å². The molecule has 4 rings (SSSR count). The molecule has 0 aromatic heterocycles. The van der Waals surface area contributed by atoms with E-state index in [0.29, 0.717) is 10.6 Å². The zero-order chi connectivity index (χ0) is 19.3. The van der Waals surface area contributed by atoms with Crippen molar-refractivity contribution in [3.63, 3.8) is 0 Å². The van der Waals surface area contributed by atoms with Crippen molar-refractivity contribution >= 4 is 11.6 Å². The molecule has 2 aliphatic heterocycles. The lowest BCUT2D eigenvalue weighted by Gasteiger charge is -2.48. The number of fused-ring (bicyclic) bond motifs is 4. The Balaban J connectivity index is 2.03. The fourth-order valence-corrected chi connectivity index (χ4v) is 5.21. The van der Waals surface area contributed by atoms with Crippen molar-refractivity contribution < 1.29 is 0 Å². The minimum atomic E-state index is -1.57. The van der Waals surface area contributed by atoms with Gasteiger partial charge in [0.05, 0.1) is 29.5 Å². The number of nitrogens with zero attached hydrogens (tertiary/aromatic N) is 4. The smallest absolute Gasteiger partial charge is 0.204 e. The lowest BCUT2D eigenvalue weighted by Crippen LogP contribution is -2.51. The first kappa shape index (κ1) is 17.6. The van der Waals surface area contributed by atoms with E-state index in [-0.39, 0.29) is 29.6 Å². The molecule has 0 spiro atoms. The lowest BCUT2D eigenvalue weighted by molar-refractivity contribution is 0.176. The molecular weight excluding hydrogens is 358 g/mol. The number of rotatable bonds is 1. The fourth-order valence-electron chi connectivity index (χ4n) is 5.08. The largest absolute Gasteiger partial charge is 0.399 e. The van der Waals surface area contributed by atoms with Gasteiger partial charge in [0.2, 0.25) is 5.41 Å². The number of halogens is 1. The number of hydrogen-bond acceptors (Lipinski definition) is 5. The van der Waals surface area contributed by atoms with E-state index in [4.69, 9.17) is 17.3 Å². The molecular formula is C21H18ClN5. The van der Waals surface area contributed by atoms with Crippen LogP contribution in [0.2, 0.25) is 5.02 Å².